The van der Waals surface area contributed by atoms with Crippen LogP contribution in [-0.2, 0) is 6.54 Å². The molecule has 0 radical (unpaired) electrons. The van der Waals surface area contributed by atoms with E-state index in [-0.39, 0.29) is 6.10 Å². The molecule has 0 aliphatic heterocycles. The van der Waals surface area contributed by atoms with Gasteiger partial charge in [0.2, 0.25) is 0 Å². The molecule has 0 heterocycles. The lowest BCUT2D eigenvalue weighted by Gasteiger charge is -2.31. The quantitative estimate of drug-likeness (QED) is 0.830. The lowest BCUT2D eigenvalue weighted by Crippen LogP contribution is -2.40. The lowest BCUT2D eigenvalue weighted by molar-refractivity contribution is 0.0543. The first kappa shape index (κ1) is 13.6. The predicted octanol–water partition coefficient (Wildman–Crippen LogP) is 3.12. The summed E-state index contributed by atoms with van der Waals surface area (Å²) < 4.78 is 0. The Bertz CT molecular complexity index is 377. The van der Waals surface area contributed by atoms with Gasteiger partial charge >= 0.3 is 0 Å². The Hall–Kier alpha value is -0.860. The van der Waals surface area contributed by atoms with E-state index in [2.05, 4.69) is 43.1 Å². The number of aliphatic hydroxyl groups is 1. The van der Waals surface area contributed by atoms with Gasteiger partial charge in [-0.05, 0) is 37.9 Å². The molecule has 2 atom stereocenters. The predicted molar refractivity (Wildman–Crippen MR) is 75.5 cm³/mol. The summed E-state index contributed by atoms with van der Waals surface area (Å²) in [6, 6.07) is 8.85. The van der Waals surface area contributed by atoms with E-state index in [0.29, 0.717) is 6.04 Å². The summed E-state index contributed by atoms with van der Waals surface area (Å²) in [6.45, 7) is 3.10. The van der Waals surface area contributed by atoms with Crippen LogP contribution in [0.4, 0.5) is 0 Å². The Morgan fingerprint density at radius 3 is 2.67 bits per heavy atom. The van der Waals surface area contributed by atoms with Gasteiger partial charge < -0.3 is 5.11 Å². The average molecular weight is 247 g/mol. The maximum Gasteiger partial charge on any atom is 0.0695 e. The zero-order valence-electron chi connectivity index (χ0n) is 11.6. The van der Waals surface area contributed by atoms with E-state index in [9.17, 15) is 5.11 Å². The van der Waals surface area contributed by atoms with Gasteiger partial charge in [-0.1, -0.05) is 43.5 Å². The number of hydrogen-bond donors (Lipinski definition) is 1. The molecule has 0 amide bonds. The highest BCUT2D eigenvalue weighted by Gasteiger charge is 2.25. The van der Waals surface area contributed by atoms with Crippen LogP contribution >= 0.6 is 0 Å². The van der Waals surface area contributed by atoms with Gasteiger partial charge in [0.1, 0.15) is 0 Å². The van der Waals surface area contributed by atoms with Crippen molar-refractivity contribution in [3.05, 3.63) is 35.4 Å². The third-order valence-electron chi connectivity index (χ3n) is 4.19. The van der Waals surface area contributed by atoms with Crippen molar-refractivity contribution in [3.63, 3.8) is 0 Å². The second kappa shape index (κ2) is 6.35. The Kier molecular flexibility index (Phi) is 4.79. The number of aliphatic hydroxyl groups excluding tert-OH is 1. The number of nitrogens with zero attached hydrogens (tertiary/aromatic N) is 1. The fourth-order valence-corrected chi connectivity index (χ4v) is 2.96. The molecule has 0 saturated heterocycles. The second-order valence-corrected chi connectivity index (χ2v) is 5.61. The van der Waals surface area contributed by atoms with E-state index in [1.165, 1.54) is 30.4 Å². The molecular formula is C16H25NO. The molecule has 100 valence electrons. The number of aryl methyl sites for hydroxylation is 1. The van der Waals surface area contributed by atoms with Crippen molar-refractivity contribution < 1.29 is 5.11 Å². The molecule has 0 bridgehead atoms. The molecule has 1 aliphatic rings. The van der Waals surface area contributed by atoms with Crippen molar-refractivity contribution in [3.8, 4) is 0 Å². The van der Waals surface area contributed by atoms with Crippen molar-refractivity contribution in [2.75, 3.05) is 7.05 Å². The second-order valence-electron chi connectivity index (χ2n) is 5.61. The van der Waals surface area contributed by atoms with Crippen LogP contribution in [0.1, 0.15) is 43.2 Å². The molecule has 0 aromatic heterocycles. The van der Waals surface area contributed by atoms with E-state index >= 15 is 0 Å². The van der Waals surface area contributed by atoms with Crippen LogP contribution in [-0.4, -0.2) is 29.2 Å². The highest BCUT2D eigenvalue weighted by atomic mass is 16.3. The third-order valence-corrected chi connectivity index (χ3v) is 4.19. The maximum absolute atomic E-state index is 10.2. The number of hydrogen-bond acceptors (Lipinski definition) is 2. The van der Waals surface area contributed by atoms with E-state index < -0.39 is 0 Å². The molecule has 1 fully saturated rings. The molecule has 2 heteroatoms. The van der Waals surface area contributed by atoms with E-state index in [4.69, 9.17) is 0 Å². The summed E-state index contributed by atoms with van der Waals surface area (Å²) >= 11 is 0. The Morgan fingerprint density at radius 2 is 1.89 bits per heavy atom. The molecule has 1 aliphatic carbocycles. The number of benzene rings is 1. The summed E-state index contributed by atoms with van der Waals surface area (Å²) in [4.78, 5) is 2.33. The number of likely N-dealkylation sites (N-methyl/N-ethyl adjacent to an activating group) is 1. The third kappa shape index (κ3) is 3.33. The van der Waals surface area contributed by atoms with Crippen molar-refractivity contribution in [1.29, 1.82) is 0 Å². The van der Waals surface area contributed by atoms with Crippen LogP contribution < -0.4 is 0 Å². The fourth-order valence-electron chi connectivity index (χ4n) is 2.96. The molecule has 1 saturated carbocycles. The summed E-state index contributed by atoms with van der Waals surface area (Å²) in [5.41, 5.74) is 2.71. The van der Waals surface area contributed by atoms with E-state index in [1.807, 2.05) is 0 Å². The molecule has 0 spiro atoms. The molecule has 2 unspecified atom stereocenters. The van der Waals surface area contributed by atoms with Crippen LogP contribution in [0.5, 0.6) is 0 Å². The van der Waals surface area contributed by atoms with Crippen molar-refractivity contribution >= 4 is 0 Å². The first-order chi connectivity index (χ1) is 8.68. The number of rotatable bonds is 3. The van der Waals surface area contributed by atoms with Gasteiger partial charge in [-0.25, -0.2) is 0 Å². The molecule has 1 aromatic carbocycles. The molecule has 2 rings (SSSR count). The smallest absolute Gasteiger partial charge is 0.0695 e. The molecule has 1 N–H and O–H groups in total. The Morgan fingerprint density at radius 1 is 1.17 bits per heavy atom. The summed E-state index contributed by atoms with van der Waals surface area (Å²) in [6.07, 6.45) is 5.63. The van der Waals surface area contributed by atoms with Crippen molar-refractivity contribution in [1.82, 2.24) is 4.90 Å². The van der Waals surface area contributed by atoms with Crippen molar-refractivity contribution in [2.45, 2.75) is 57.7 Å². The average Bonchev–Trinajstić information content (AvgIpc) is 2.57. The molecular weight excluding hydrogens is 222 g/mol. The normalized spacial score (nSPS) is 25.1. The summed E-state index contributed by atoms with van der Waals surface area (Å²) in [5, 5.41) is 10.2. The van der Waals surface area contributed by atoms with Crippen LogP contribution in [0.3, 0.4) is 0 Å². The van der Waals surface area contributed by atoms with Gasteiger partial charge in [0.15, 0.2) is 0 Å². The van der Waals surface area contributed by atoms with Crippen LogP contribution in [0.2, 0.25) is 0 Å². The summed E-state index contributed by atoms with van der Waals surface area (Å²) in [7, 11) is 2.14. The molecule has 1 aromatic rings. The topological polar surface area (TPSA) is 23.5 Å². The zero-order valence-corrected chi connectivity index (χ0v) is 11.6. The Balaban J connectivity index is 2.02. The minimum Gasteiger partial charge on any atom is -0.391 e. The van der Waals surface area contributed by atoms with Crippen LogP contribution in [0.15, 0.2) is 24.3 Å². The van der Waals surface area contributed by atoms with Gasteiger partial charge in [0, 0.05) is 12.6 Å². The fraction of sp³-hybridized carbons (Fsp3) is 0.625. The maximum atomic E-state index is 10.2. The molecule has 18 heavy (non-hydrogen) atoms. The van der Waals surface area contributed by atoms with Gasteiger partial charge in [-0.15, -0.1) is 0 Å². The minimum atomic E-state index is -0.151. The van der Waals surface area contributed by atoms with Crippen molar-refractivity contribution in [2.24, 2.45) is 0 Å². The van der Waals surface area contributed by atoms with Gasteiger partial charge in [0.05, 0.1) is 6.10 Å². The SMILES string of the molecule is Cc1ccccc1CN(C)C1CCCCCC1O. The largest absolute Gasteiger partial charge is 0.391 e. The van der Waals surface area contributed by atoms with Gasteiger partial charge in [-0.3, -0.25) is 4.90 Å². The van der Waals surface area contributed by atoms with E-state index in [1.54, 1.807) is 0 Å². The first-order valence-electron chi connectivity index (χ1n) is 7.11. The standard InChI is InChI=1S/C16H25NO/c1-13-8-6-7-9-14(13)12-17(2)15-10-4-3-5-11-16(15)18/h6-9,15-16,18H,3-5,10-12H2,1-2H3. The Labute approximate surface area is 111 Å². The minimum absolute atomic E-state index is 0.151. The van der Waals surface area contributed by atoms with Crippen LogP contribution in [0.25, 0.3) is 0 Å². The van der Waals surface area contributed by atoms with Crippen LogP contribution in [0, 0.1) is 6.92 Å². The summed E-state index contributed by atoms with van der Waals surface area (Å²) in [5.74, 6) is 0. The zero-order chi connectivity index (χ0) is 13.0. The van der Waals surface area contributed by atoms with Gasteiger partial charge in [-0.2, -0.15) is 0 Å². The highest BCUT2D eigenvalue weighted by molar-refractivity contribution is 5.25. The first-order valence-corrected chi connectivity index (χ1v) is 7.11. The van der Waals surface area contributed by atoms with Gasteiger partial charge in [0.25, 0.3) is 0 Å². The van der Waals surface area contributed by atoms with E-state index in [0.717, 1.165) is 19.4 Å². The lowest BCUT2D eigenvalue weighted by atomic mass is 10.0. The monoisotopic (exact) mass is 247 g/mol. The molecule has 2 nitrogen and oxygen atoms in total. The highest BCUT2D eigenvalue weighted by Crippen LogP contribution is 2.23.